The van der Waals surface area contributed by atoms with E-state index in [9.17, 15) is 4.79 Å². The Morgan fingerprint density at radius 2 is 1.83 bits per heavy atom. The first-order valence-corrected chi connectivity index (χ1v) is 11.2. The SMILES string of the molecule is CCP(Br)(CC)(CC(=O)NN)Cc1ccccc1. The van der Waals surface area contributed by atoms with Crippen molar-refractivity contribution in [3.05, 3.63) is 35.9 Å². The molecule has 0 aliphatic carbocycles. The topological polar surface area (TPSA) is 55.1 Å². The third-order valence-corrected chi connectivity index (χ3v) is 13.6. The van der Waals surface area contributed by atoms with E-state index in [1.807, 2.05) is 18.2 Å². The number of benzene rings is 1. The van der Waals surface area contributed by atoms with Crippen LogP contribution in [0.5, 0.6) is 0 Å². The maximum atomic E-state index is 11.7. The molecule has 3 nitrogen and oxygen atoms in total. The summed E-state index contributed by atoms with van der Waals surface area (Å²) >= 11 is 3.98. The van der Waals surface area contributed by atoms with Gasteiger partial charge < -0.3 is 0 Å². The standard InChI is InChI=1S/C13H22BrN2OP/c1-3-18(14,4-2,11-13(17)16-15)10-12-8-6-5-7-9-12/h5-9H,3-4,10-11,15H2,1-2H3,(H,16,17). The number of nitrogens with two attached hydrogens (primary N) is 1. The summed E-state index contributed by atoms with van der Waals surface area (Å²) in [6.45, 7) is 4.31. The molecule has 5 heteroatoms. The zero-order valence-electron chi connectivity index (χ0n) is 11.0. The van der Waals surface area contributed by atoms with Crippen molar-refractivity contribution < 1.29 is 4.79 Å². The van der Waals surface area contributed by atoms with Crippen LogP contribution in [0, 0.1) is 0 Å². The van der Waals surface area contributed by atoms with Crippen LogP contribution in [0.2, 0.25) is 0 Å². The third kappa shape index (κ3) is 3.78. The molecule has 0 saturated heterocycles. The summed E-state index contributed by atoms with van der Waals surface area (Å²) in [5, 5.41) is -2.23. The van der Waals surface area contributed by atoms with E-state index in [4.69, 9.17) is 5.84 Å². The number of halogens is 1. The van der Waals surface area contributed by atoms with Crippen molar-refractivity contribution in [1.82, 2.24) is 5.43 Å². The van der Waals surface area contributed by atoms with Crippen molar-refractivity contribution in [3.8, 4) is 0 Å². The van der Waals surface area contributed by atoms with E-state index >= 15 is 0 Å². The van der Waals surface area contributed by atoms with Crippen molar-refractivity contribution in [2.45, 2.75) is 20.0 Å². The van der Waals surface area contributed by atoms with E-state index in [2.05, 4.69) is 46.9 Å². The van der Waals surface area contributed by atoms with Crippen LogP contribution in [0.1, 0.15) is 19.4 Å². The van der Waals surface area contributed by atoms with Gasteiger partial charge in [-0.25, -0.2) is 0 Å². The van der Waals surface area contributed by atoms with Crippen LogP contribution >= 0.6 is 20.8 Å². The predicted octanol–water partition coefficient (Wildman–Crippen LogP) is 3.08. The summed E-state index contributed by atoms with van der Waals surface area (Å²) in [4.78, 5) is 11.7. The number of nitrogens with one attached hydrogen (secondary N) is 1. The Morgan fingerprint density at radius 3 is 2.28 bits per heavy atom. The van der Waals surface area contributed by atoms with E-state index in [1.54, 1.807) is 0 Å². The minimum absolute atomic E-state index is 0.0795. The molecule has 0 radical (unpaired) electrons. The zero-order valence-corrected chi connectivity index (χ0v) is 13.5. The van der Waals surface area contributed by atoms with Crippen LogP contribution in [0.4, 0.5) is 0 Å². The van der Waals surface area contributed by atoms with Gasteiger partial charge in [-0.3, -0.25) is 0 Å². The molecule has 0 fully saturated rings. The predicted molar refractivity (Wildman–Crippen MR) is 84.3 cm³/mol. The molecule has 0 bridgehead atoms. The first-order valence-electron chi connectivity index (χ1n) is 6.21. The van der Waals surface area contributed by atoms with Crippen molar-refractivity contribution in [1.29, 1.82) is 0 Å². The van der Waals surface area contributed by atoms with Crippen LogP contribution in [0.3, 0.4) is 0 Å². The Kier molecular flexibility index (Phi) is 5.32. The van der Waals surface area contributed by atoms with Crippen molar-refractivity contribution >= 4 is 26.7 Å². The van der Waals surface area contributed by atoms with Gasteiger partial charge in [0.25, 0.3) is 0 Å². The van der Waals surface area contributed by atoms with E-state index in [1.165, 1.54) is 5.56 Å². The maximum absolute atomic E-state index is 11.7. The second-order valence-corrected chi connectivity index (χ2v) is 16.4. The van der Waals surface area contributed by atoms with Gasteiger partial charge in [-0.1, -0.05) is 0 Å². The van der Waals surface area contributed by atoms with Gasteiger partial charge >= 0.3 is 117 Å². The fourth-order valence-corrected chi connectivity index (χ4v) is 7.11. The minimum atomic E-state index is -2.23. The van der Waals surface area contributed by atoms with Gasteiger partial charge in [-0.05, 0) is 0 Å². The normalized spacial score (nSPS) is 13.7. The van der Waals surface area contributed by atoms with Gasteiger partial charge in [-0.15, -0.1) is 0 Å². The summed E-state index contributed by atoms with van der Waals surface area (Å²) in [7, 11) is 0. The number of amides is 1. The fourth-order valence-electron chi connectivity index (χ4n) is 2.17. The van der Waals surface area contributed by atoms with Gasteiger partial charge in [0.15, 0.2) is 0 Å². The second kappa shape index (κ2) is 6.14. The van der Waals surface area contributed by atoms with Crippen LogP contribution < -0.4 is 11.3 Å². The Labute approximate surface area is 117 Å². The van der Waals surface area contributed by atoms with E-state index in [0.29, 0.717) is 6.16 Å². The van der Waals surface area contributed by atoms with Gasteiger partial charge in [0, 0.05) is 0 Å². The summed E-state index contributed by atoms with van der Waals surface area (Å²) < 4.78 is 0. The molecule has 3 N–H and O–H groups in total. The Bertz CT molecular complexity index is 407. The first-order chi connectivity index (χ1) is 8.45. The Balaban J connectivity index is 3.02. The van der Waals surface area contributed by atoms with Crippen LogP contribution in [-0.4, -0.2) is 24.4 Å². The second-order valence-electron chi connectivity index (χ2n) is 4.82. The van der Waals surface area contributed by atoms with E-state index in [-0.39, 0.29) is 5.91 Å². The molecule has 0 unspecified atom stereocenters. The van der Waals surface area contributed by atoms with Crippen LogP contribution in [0.15, 0.2) is 30.3 Å². The molecule has 1 aromatic rings. The molecule has 0 saturated carbocycles. The molecule has 0 heterocycles. The summed E-state index contributed by atoms with van der Waals surface area (Å²) in [5.74, 6) is 5.16. The third-order valence-electron chi connectivity index (χ3n) is 3.70. The zero-order chi connectivity index (χ0) is 13.7. The van der Waals surface area contributed by atoms with Crippen molar-refractivity contribution in [3.63, 3.8) is 0 Å². The van der Waals surface area contributed by atoms with E-state index < -0.39 is 5.31 Å². The molecule has 0 spiro atoms. The summed E-state index contributed by atoms with van der Waals surface area (Å²) in [5.41, 5.74) is 3.54. The Hall–Kier alpha value is -0.440. The molecule has 1 amide bonds. The number of carbonyl (C=O) groups is 1. The molecular formula is C13H22BrN2OP. The van der Waals surface area contributed by atoms with E-state index in [0.717, 1.165) is 18.5 Å². The number of hydrazine groups is 1. The number of hydrogen-bond donors (Lipinski definition) is 2. The van der Waals surface area contributed by atoms with Gasteiger partial charge in [0.1, 0.15) is 0 Å². The molecular weight excluding hydrogens is 311 g/mol. The molecule has 0 aromatic heterocycles. The summed E-state index contributed by atoms with van der Waals surface area (Å²) in [6, 6.07) is 10.3. The number of carbonyl (C=O) groups excluding carboxylic acids is 1. The average Bonchev–Trinajstić information content (AvgIpc) is 2.40. The van der Waals surface area contributed by atoms with Gasteiger partial charge in [-0.2, -0.15) is 0 Å². The molecule has 0 aliphatic rings. The fraction of sp³-hybridized carbons (Fsp3) is 0.462. The molecule has 0 aliphatic heterocycles. The van der Waals surface area contributed by atoms with Gasteiger partial charge in [0.2, 0.25) is 0 Å². The molecule has 0 atom stereocenters. The number of rotatable bonds is 6. The van der Waals surface area contributed by atoms with Crippen molar-refractivity contribution in [2.24, 2.45) is 5.84 Å². The number of hydrogen-bond acceptors (Lipinski definition) is 2. The molecule has 102 valence electrons. The molecule has 1 aromatic carbocycles. The monoisotopic (exact) mass is 332 g/mol. The van der Waals surface area contributed by atoms with Crippen molar-refractivity contribution in [2.75, 3.05) is 18.5 Å². The van der Waals surface area contributed by atoms with Crippen LogP contribution in [-0.2, 0) is 11.0 Å². The van der Waals surface area contributed by atoms with Crippen LogP contribution in [0.25, 0.3) is 0 Å². The Morgan fingerprint density at radius 1 is 1.28 bits per heavy atom. The van der Waals surface area contributed by atoms with Gasteiger partial charge in [0.05, 0.1) is 0 Å². The quantitative estimate of drug-likeness (QED) is 0.364. The average molecular weight is 333 g/mol. The first kappa shape index (κ1) is 15.6. The molecule has 1 rings (SSSR count). The molecule has 18 heavy (non-hydrogen) atoms. The summed E-state index contributed by atoms with van der Waals surface area (Å²) in [6.07, 6.45) is 3.42.